The molecule has 0 bridgehead atoms. The van der Waals surface area contributed by atoms with Crippen LogP contribution in [0.2, 0.25) is 0 Å². The second-order valence-corrected chi connectivity index (χ2v) is 3.68. The van der Waals surface area contributed by atoms with E-state index < -0.39 is 0 Å². The fourth-order valence-electron chi connectivity index (χ4n) is 1.54. The van der Waals surface area contributed by atoms with Crippen LogP contribution in [0.4, 0.5) is 0 Å². The van der Waals surface area contributed by atoms with Gasteiger partial charge in [-0.25, -0.2) is 0 Å². The Morgan fingerprint density at radius 2 is 2.31 bits per heavy atom. The molecule has 0 aromatic carbocycles. The summed E-state index contributed by atoms with van der Waals surface area (Å²) in [5.74, 6) is 0. The smallest absolute Gasteiger partial charge is 0.0719 e. The largest absolute Gasteiger partial charge is 0.298 e. The average molecular weight is 183 g/mol. The molecule has 1 rings (SSSR count). The van der Waals surface area contributed by atoms with Gasteiger partial charge in [-0.05, 0) is 19.8 Å². The van der Waals surface area contributed by atoms with Crippen LogP contribution in [0.1, 0.15) is 39.5 Å². The molecule has 0 aliphatic carbocycles. The van der Waals surface area contributed by atoms with Crippen molar-refractivity contribution in [1.29, 1.82) is 0 Å². The highest BCUT2D eigenvalue weighted by molar-refractivity contribution is 4.86. The molecule has 1 aliphatic heterocycles. The minimum Gasteiger partial charge on any atom is -0.298 e. The molecule has 0 saturated heterocycles. The van der Waals surface area contributed by atoms with Crippen molar-refractivity contribution >= 4 is 0 Å². The van der Waals surface area contributed by atoms with Gasteiger partial charge in [0.2, 0.25) is 0 Å². The predicted octanol–water partition coefficient (Wildman–Crippen LogP) is 2.76. The van der Waals surface area contributed by atoms with Gasteiger partial charge in [-0.3, -0.25) is 4.84 Å². The molecule has 1 heterocycles. The van der Waals surface area contributed by atoms with E-state index in [1.807, 2.05) is 0 Å². The first-order valence-corrected chi connectivity index (χ1v) is 5.39. The number of hydrogen-bond acceptors (Lipinski definition) is 2. The summed E-state index contributed by atoms with van der Waals surface area (Å²) in [6, 6.07) is 0.558. The molecule has 13 heavy (non-hydrogen) atoms. The van der Waals surface area contributed by atoms with Crippen LogP contribution in [0.5, 0.6) is 0 Å². The third kappa shape index (κ3) is 3.92. The first-order valence-electron chi connectivity index (χ1n) is 5.39. The van der Waals surface area contributed by atoms with E-state index in [1.165, 1.54) is 19.3 Å². The predicted molar refractivity (Wildman–Crippen MR) is 55.4 cm³/mol. The standard InChI is InChI=1S/C11H21NO/c1-3-4-8-11(2)12-9-6-5-7-10-13-12/h5-6,11H,3-4,7-10H2,1-2H3. The van der Waals surface area contributed by atoms with Gasteiger partial charge < -0.3 is 0 Å². The minimum absolute atomic E-state index is 0.558. The van der Waals surface area contributed by atoms with Crippen molar-refractivity contribution in [2.45, 2.75) is 45.6 Å². The van der Waals surface area contributed by atoms with Crippen LogP contribution in [-0.4, -0.2) is 24.3 Å². The summed E-state index contributed by atoms with van der Waals surface area (Å²) in [6.45, 7) is 6.27. The molecule has 0 saturated carbocycles. The third-order valence-electron chi connectivity index (χ3n) is 2.46. The highest BCUT2D eigenvalue weighted by atomic mass is 16.7. The van der Waals surface area contributed by atoms with Crippen LogP contribution >= 0.6 is 0 Å². The van der Waals surface area contributed by atoms with Crippen LogP contribution in [0.3, 0.4) is 0 Å². The maximum Gasteiger partial charge on any atom is 0.0719 e. The summed E-state index contributed by atoms with van der Waals surface area (Å²) in [5, 5.41) is 2.11. The van der Waals surface area contributed by atoms with Crippen LogP contribution in [-0.2, 0) is 4.84 Å². The molecule has 0 fully saturated rings. The van der Waals surface area contributed by atoms with Crippen LogP contribution in [0, 0.1) is 0 Å². The van der Waals surface area contributed by atoms with E-state index in [1.54, 1.807) is 0 Å². The summed E-state index contributed by atoms with van der Waals surface area (Å²) in [6.07, 6.45) is 9.27. The fraction of sp³-hybridized carbons (Fsp3) is 0.818. The van der Waals surface area contributed by atoms with Crippen molar-refractivity contribution in [2.75, 3.05) is 13.2 Å². The number of nitrogens with zero attached hydrogens (tertiary/aromatic N) is 1. The average Bonchev–Trinajstić information content (AvgIpc) is 2.42. The van der Waals surface area contributed by atoms with Crippen molar-refractivity contribution in [2.24, 2.45) is 0 Å². The Balaban J connectivity index is 2.27. The quantitative estimate of drug-likeness (QED) is 0.621. The molecular weight excluding hydrogens is 162 g/mol. The van der Waals surface area contributed by atoms with E-state index in [9.17, 15) is 0 Å². The molecule has 1 aliphatic rings. The molecule has 0 aromatic rings. The van der Waals surface area contributed by atoms with Crippen LogP contribution < -0.4 is 0 Å². The molecule has 2 nitrogen and oxygen atoms in total. The SMILES string of the molecule is CCCCC(C)N1CC=CCCO1. The monoisotopic (exact) mass is 183 g/mol. The minimum atomic E-state index is 0.558. The topological polar surface area (TPSA) is 12.5 Å². The van der Waals surface area contributed by atoms with Gasteiger partial charge in [0.1, 0.15) is 0 Å². The molecule has 1 unspecified atom stereocenters. The zero-order valence-corrected chi connectivity index (χ0v) is 8.83. The van der Waals surface area contributed by atoms with Crippen LogP contribution in [0.25, 0.3) is 0 Å². The second-order valence-electron chi connectivity index (χ2n) is 3.68. The molecule has 2 heteroatoms. The molecular formula is C11H21NO. The Morgan fingerprint density at radius 1 is 1.46 bits per heavy atom. The van der Waals surface area contributed by atoms with Gasteiger partial charge in [0.05, 0.1) is 6.61 Å². The summed E-state index contributed by atoms with van der Waals surface area (Å²) in [7, 11) is 0. The maximum absolute atomic E-state index is 5.63. The van der Waals surface area contributed by atoms with E-state index in [0.29, 0.717) is 6.04 Å². The second kappa shape index (κ2) is 6.17. The molecule has 0 radical (unpaired) electrons. The van der Waals surface area contributed by atoms with Gasteiger partial charge in [-0.15, -0.1) is 0 Å². The van der Waals surface area contributed by atoms with Crippen molar-refractivity contribution < 1.29 is 4.84 Å². The molecule has 0 aromatic heterocycles. The molecule has 0 amide bonds. The first kappa shape index (κ1) is 10.7. The van der Waals surface area contributed by atoms with E-state index >= 15 is 0 Å². The number of unbranched alkanes of at least 4 members (excludes halogenated alkanes) is 1. The lowest BCUT2D eigenvalue weighted by Gasteiger charge is -2.25. The maximum atomic E-state index is 5.63. The van der Waals surface area contributed by atoms with E-state index in [0.717, 1.165) is 19.6 Å². The van der Waals surface area contributed by atoms with Crippen molar-refractivity contribution in [3.05, 3.63) is 12.2 Å². The van der Waals surface area contributed by atoms with Crippen molar-refractivity contribution in [1.82, 2.24) is 5.06 Å². The Bertz CT molecular complexity index is 156. The highest BCUT2D eigenvalue weighted by Crippen LogP contribution is 2.11. The fourth-order valence-corrected chi connectivity index (χ4v) is 1.54. The van der Waals surface area contributed by atoms with Gasteiger partial charge in [0, 0.05) is 12.6 Å². The van der Waals surface area contributed by atoms with Gasteiger partial charge >= 0.3 is 0 Å². The number of rotatable bonds is 4. The zero-order valence-electron chi connectivity index (χ0n) is 8.83. The summed E-state index contributed by atoms with van der Waals surface area (Å²) in [5.41, 5.74) is 0. The third-order valence-corrected chi connectivity index (χ3v) is 2.46. The first-order chi connectivity index (χ1) is 6.34. The molecule has 1 atom stereocenters. The van der Waals surface area contributed by atoms with E-state index in [2.05, 4.69) is 31.1 Å². The zero-order chi connectivity index (χ0) is 9.52. The van der Waals surface area contributed by atoms with Crippen molar-refractivity contribution in [3.63, 3.8) is 0 Å². The Labute approximate surface area is 81.5 Å². The van der Waals surface area contributed by atoms with Gasteiger partial charge in [0.25, 0.3) is 0 Å². The number of hydroxylamine groups is 2. The highest BCUT2D eigenvalue weighted by Gasteiger charge is 2.13. The lowest BCUT2D eigenvalue weighted by molar-refractivity contribution is -0.173. The summed E-state index contributed by atoms with van der Waals surface area (Å²) >= 11 is 0. The lowest BCUT2D eigenvalue weighted by atomic mass is 10.1. The summed E-state index contributed by atoms with van der Waals surface area (Å²) < 4.78 is 0. The normalized spacial score (nSPS) is 21.4. The Morgan fingerprint density at radius 3 is 3.08 bits per heavy atom. The molecule has 0 spiro atoms. The lowest BCUT2D eigenvalue weighted by Crippen LogP contribution is -2.32. The molecule has 76 valence electrons. The van der Waals surface area contributed by atoms with Gasteiger partial charge in [-0.1, -0.05) is 31.9 Å². The Hall–Kier alpha value is -0.340. The van der Waals surface area contributed by atoms with Gasteiger partial charge in [0.15, 0.2) is 0 Å². The number of hydrogen-bond donors (Lipinski definition) is 0. The molecule has 0 N–H and O–H groups in total. The van der Waals surface area contributed by atoms with E-state index in [4.69, 9.17) is 4.84 Å². The summed E-state index contributed by atoms with van der Waals surface area (Å²) in [4.78, 5) is 5.63. The van der Waals surface area contributed by atoms with Crippen LogP contribution in [0.15, 0.2) is 12.2 Å². The Kier molecular flexibility index (Phi) is 5.09. The van der Waals surface area contributed by atoms with E-state index in [-0.39, 0.29) is 0 Å². The van der Waals surface area contributed by atoms with Crippen molar-refractivity contribution in [3.8, 4) is 0 Å². The van der Waals surface area contributed by atoms with Gasteiger partial charge in [-0.2, -0.15) is 5.06 Å².